The first kappa shape index (κ1) is 19.6. The molecule has 1 fully saturated rings. The summed E-state index contributed by atoms with van der Waals surface area (Å²) in [6.07, 6.45) is 2.52. The molecule has 1 saturated carbocycles. The molecule has 1 N–H and O–H groups in total. The molecule has 0 amide bonds. The molecule has 2 aromatic rings. The molecule has 1 aliphatic rings. The molecule has 4 nitrogen and oxygen atoms in total. The van der Waals surface area contributed by atoms with Crippen LogP contribution in [0.2, 0.25) is 0 Å². The average molecular weight is 367 g/mol. The summed E-state index contributed by atoms with van der Waals surface area (Å²) in [5.74, 6) is -0.322. The summed E-state index contributed by atoms with van der Waals surface area (Å²) in [5, 5.41) is 11.1. The van der Waals surface area contributed by atoms with Gasteiger partial charge in [-0.3, -0.25) is 9.69 Å². The van der Waals surface area contributed by atoms with E-state index in [1.165, 1.54) is 18.1 Å². The van der Waals surface area contributed by atoms with E-state index in [-0.39, 0.29) is 12.0 Å². The number of benzene rings is 2. The van der Waals surface area contributed by atoms with Crippen LogP contribution in [0.15, 0.2) is 60.7 Å². The highest BCUT2D eigenvalue weighted by atomic mass is 16.6. The van der Waals surface area contributed by atoms with E-state index in [4.69, 9.17) is 4.74 Å². The van der Waals surface area contributed by atoms with Crippen LogP contribution in [0.3, 0.4) is 0 Å². The number of aliphatic hydroxyl groups is 1. The number of hydrogen-bond acceptors (Lipinski definition) is 4. The third-order valence-electron chi connectivity index (χ3n) is 5.26. The summed E-state index contributed by atoms with van der Waals surface area (Å²) < 4.78 is 5.45. The van der Waals surface area contributed by atoms with Crippen LogP contribution >= 0.6 is 0 Å². The Morgan fingerprint density at radius 3 is 2.00 bits per heavy atom. The minimum absolute atomic E-state index is 0.0442. The van der Waals surface area contributed by atoms with Crippen LogP contribution in [-0.4, -0.2) is 34.2 Å². The molecule has 0 radical (unpaired) electrons. The van der Waals surface area contributed by atoms with E-state index in [1.807, 2.05) is 36.4 Å². The summed E-state index contributed by atoms with van der Waals surface area (Å²) >= 11 is 0. The first-order valence-electron chi connectivity index (χ1n) is 9.80. The van der Waals surface area contributed by atoms with Gasteiger partial charge in [-0.2, -0.15) is 0 Å². The summed E-state index contributed by atoms with van der Waals surface area (Å²) in [4.78, 5) is 13.8. The topological polar surface area (TPSA) is 49.8 Å². The quantitative estimate of drug-likeness (QED) is 0.621. The van der Waals surface area contributed by atoms with Crippen LogP contribution in [0.1, 0.15) is 43.7 Å². The van der Waals surface area contributed by atoms with Gasteiger partial charge in [-0.25, -0.2) is 0 Å². The van der Waals surface area contributed by atoms with Crippen molar-refractivity contribution in [2.24, 2.45) is 0 Å². The zero-order valence-corrected chi connectivity index (χ0v) is 16.0. The highest BCUT2D eigenvalue weighted by molar-refractivity contribution is 5.66. The van der Waals surface area contributed by atoms with E-state index in [0.717, 1.165) is 38.8 Å². The summed E-state index contributed by atoms with van der Waals surface area (Å²) in [7, 11) is 0. The van der Waals surface area contributed by atoms with Crippen molar-refractivity contribution in [3.63, 3.8) is 0 Å². The van der Waals surface area contributed by atoms with Crippen molar-refractivity contribution in [3.8, 4) is 0 Å². The highest BCUT2D eigenvalue weighted by Gasteiger charge is 2.35. The van der Waals surface area contributed by atoms with Gasteiger partial charge in [0.25, 0.3) is 0 Å². The lowest BCUT2D eigenvalue weighted by molar-refractivity contribution is -0.155. The first-order chi connectivity index (χ1) is 13.1. The summed E-state index contributed by atoms with van der Waals surface area (Å²) in [5.41, 5.74) is 2.43. The maximum Gasteiger partial charge on any atom is 0.302 e. The molecule has 144 valence electrons. The fraction of sp³-hybridized carbons (Fsp3) is 0.435. The van der Waals surface area contributed by atoms with E-state index in [0.29, 0.717) is 0 Å². The Hall–Kier alpha value is -2.17. The smallest absolute Gasteiger partial charge is 0.302 e. The van der Waals surface area contributed by atoms with Crippen molar-refractivity contribution in [1.29, 1.82) is 0 Å². The molecule has 27 heavy (non-hydrogen) atoms. The largest absolute Gasteiger partial charge is 0.460 e. The number of carbonyl (C=O) groups excluding carboxylic acids is 1. The standard InChI is InChI=1S/C23H29NO3/c1-18(25)27-22-15-9-8-14-21(23(22)26)24(16-19-10-4-2-5-11-19)17-20-12-6-3-7-13-20/h2-7,10-13,21-23,26H,8-9,14-17H2,1H3/t21-,22-,23+/m1/s1. The van der Waals surface area contributed by atoms with Gasteiger partial charge in [0.1, 0.15) is 12.2 Å². The maximum absolute atomic E-state index is 11.5. The van der Waals surface area contributed by atoms with Gasteiger partial charge in [0.15, 0.2) is 0 Å². The number of carbonyl (C=O) groups is 1. The van der Waals surface area contributed by atoms with Gasteiger partial charge in [0.2, 0.25) is 0 Å². The van der Waals surface area contributed by atoms with Crippen molar-refractivity contribution in [3.05, 3.63) is 71.8 Å². The fourth-order valence-corrected chi connectivity index (χ4v) is 3.95. The van der Waals surface area contributed by atoms with Crippen LogP contribution in [0.4, 0.5) is 0 Å². The zero-order valence-electron chi connectivity index (χ0n) is 16.0. The first-order valence-corrected chi connectivity index (χ1v) is 9.80. The van der Waals surface area contributed by atoms with Crippen molar-refractivity contribution in [1.82, 2.24) is 4.90 Å². The van der Waals surface area contributed by atoms with Gasteiger partial charge in [-0.05, 0) is 30.4 Å². The van der Waals surface area contributed by atoms with Crippen LogP contribution in [0.5, 0.6) is 0 Å². The maximum atomic E-state index is 11.5. The van der Waals surface area contributed by atoms with Crippen LogP contribution < -0.4 is 0 Å². The van der Waals surface area contributed by atoms with Crippen LogP contribution in [0.25, 0.3) is 0 Å². The molecule has 4 heteroatoms. The fourth-order valence-electron chi connectivity index (χ4n) is 3.95. The van der Waals surface area contributed by atoms with Crippen molar-refractivity contribution in [2.75, 3.05) is 0 Å². The lowest BCUT2D eigenvalue weighted by atomic mass is 10.00. The van der Waals surface area contributed by atoms with Gasteiger partial charge < -0.3 is 9.84 Å². The molecule has 3 rings (SSSR count). The van der Waals surface area contributed by atoms with Crippen molar-refractivity contribution >= 4 is 5.97 Å². The number of ether oxygens (including phenoxy) is 1. The van der Waals surface area contributed by atoms with E-state index >= 15 is 0 Å². The Morgan fingerprint density at radius 1 is 0.963 bits per heavy atom. The molecular weight excluding hydrogens is 338 g/mol. The van der Waals surface area contributed by atoms with Crippen molar-refractivity contribution in [2.45, 2.75) is 63.9 Å². The van der Waals surface area contributed by atoms with Crippen LogP contribution in [0, 0.1) is 0 Å². The molecular formula is C23H29NO3. The lowest BCUT2D eigenvalue weighted by Gasteiger charge is -2.36. The van der Waals surface area contributed by atoms with Crippen molar-refractivity contribution < 1.29 is 14.6 Å². The predicted octanol–water partition coefficient (Wildman–Crippen LogP) is 3.92. The second kappa shape index (κ2) is 9.67. The number of aliphatic hydroxyl groups excluding tert-OH is 1. The lowest BCUT2D eigenvalue weighted by Crippen LogP contribution is -2.48. The summed E-state index contributed by atoms with van der Waals surface area (Å²) in [6, 6.07) is 20.6. The minimum Gasteiger partial charge on any atom is -0.460 e. The van der Waals surface area contributed by atoms with Gasteiger partial charge in [-0.1, -0.05) is 67.1 Å². The third kappa shape index (κ3) is 5.65. The van der Waals surface area contributed by atoms with E-state index < -0.39 is 12.2 Å². The molecule has 1 aliphatic carbocycles. The number of rotatable bonds is 6. The number of nitrogens with zero attached hydrogens (tertiary/aromatic N) is 1. The molecule has 0 heterocycles. The van der Waals surface area contributed by atoms with Gasteiger partial charge in [-0.15, -0.1) is 0 Å². The van der Waals surface area contributed by atoms with Gasteiger partial charge in [0, 0.05) is 26.1 Å². The van der Waals surface area contributed by atoms with E-state index in [2.05, 4.69) is 29.2 Å². The Labute approximate surface area is 161 Å². The second-order valence-corrected chi connectivity index (χ2v) is 7.37. The average Bonchev–Trinajstić information content (AvgIpc) is 2.84. The Bertz CT molecular complexity index is 663. The molecule has 0 aromatic heterocycles. The SMILES string of the molecule is CC(=O)O[C@@H]1CCCC[C@@H](N(Cc2ccccc2)Cc2ccccc2)[C@@H]1O. The van der Waals surface area contributed by atoms with Gasteiger partial charge >= 0.3 is 5.97 Å². The Balaban J connectivity index is 1.83. The highest BCUT2D eigenvalue weighted by Crippen LogP contribution is 2.27. The molecule has 0 aliphatic heterocycles. The predicted molar refractivity (Wildman–Crippen MR) is 106 cm³/mol. The zero-order chi connectivity index (χ0) is 19.1. The van der Waals surface area contributed by atoms with E-state index in [1.54, 1.807) is 0 Å². The molecule has 0 spiro atoms. The van der Waals surface area contributed by atoms with Gasteiger partial charge in [0.05, 0.1) is 0 Å². The summed E-state index contributed by atoms with van der Waals surface area (Å²) in [6.45, 7) is 2.92. The Morgan fingerprint density at radius 2 is 1.48 bits per heavy atom. The Kier molecular flexibility index (Phi) is 7.02. The molecule has 0 unspecified atom stereocenters. The normalized spacial score (nSPS) is 23.0. The van der Waals surface area contributed by atoms with Crippen LogP contribution in [-0.2, 0) is 22.6 Å². The molecule has 3 atom stereocenters. The van der Waals surface area contributed by atoms with E-state index in [9.17, 15) is 9.90 Å². The monoisotopic (exact) mass is 367 g/mol. The molecule has 0 saturated heterocycles. The molecule has 2 aromatic carbocycles. The minimum atomic E-state index is -0.677. The third-order valence-corrected chi connectivity index (χ3v) is 5.26. The molecule has 0 bridgehead atoms. The number of hydrogen-bond donors (Lipinski definition) is 1. The number of esters is 1. The second-order valence-electron chi connectivity index (χ2n) is 7.37.